The van der Waals surface area contributed by atoms with Crippen LogP contribution in [0.1, 0.15) is 54.6 Å². The van der Waals surface area contributed by atoms with Gasteiger partial charge in [-0.1, -0.05) is 67.1 Å². The molecule has 0 amide bonds. The van der Waals surface area contributed by atoms with Crippen molar-refractivity contribution in [3.8, 4) is 22.3 Å². The topological polar surface area (TPSA) is 39.0 Å². The predicted octanol–water partition coefficient (Wildman–Crippen LogP) is 9.36. The van der Waals surface area contributed by atoms with E-state index in [4.69, 9.17) is 9.98 Å². The fraction of sp³-hybridized carbons (Fsp3) is 0.231. The maximum atomic E-state index is 5.47. The zero-order valence-corrected chi connectivity index (χ0v) is 34.6. The first-order chi connectivity index (χ1) is 28.1. The van der Waals surface area contributed by atoms with E-state index in [0.717, 1.165) is 57.2 Å². The molecule has 3 heterocycles. The first-order valence-electron chi connectivity index (χ1n) is 20.5. The Balaban J connectivity index is 0.988. The molecule has 5 aromatic carbocycles. The van der Waals surface area contributed by atoms with Gasteiger partial charge in [0.05, 0.1) is 10.7 Å². The van der Waals surface area contributed by atoms with Crippen molar-refractivity contribution in [2.45, 2.75) is 37.8 Å². The summed E-state index contributed by atoms with van der Waals surface area (Å²) in [6.45, 7) is 0. The van der Waals surface area contributed by atoms with Crippen LogP contribution in [-0.4, -0.2) is 33.9 Å². The van der Waals surface area contributed by atoms with Crippen molar-refractivity contribution >= 4 is 57.5 Å². The van der Waals surface area contributed by atoms with E-state index in [-0.39, 0.29) is 5.66 Å². The van der Waals surface area contributed by atoms with E-state index in [1.807, 2.05) is 0 Å². The minimum atomic E-state index is -0.344. The third-order valence-electron chi connectivity index (χ3n) is 12.2. The number of benzene rings is 5. The molecule has 0 unspecified atom stereocenters. The lowest BCUT2D eigenvalue weighted by Gasteiger charge is -2.27. The van der Waals surface area contributed by atoms with Gasteiger partial charge in [-0.3, -0.25) is 9.98 Å². The number of nitrogens with zero attached hydrogens (tertiary/aromatic N) is 6. The van der Waals surface area contributed by atoms with Gasteiger partial charge in [0.1, 0.15) is 14.1 Å². The summed E-state index contributed by atoms with van der Waals surface area (Å²) in [5.41, 5.74) is 13.8. The molecule has 0 radical (unpaired) electrons. The van der Waals surface area contributed by atoms with E-state index in [0.29, 0.717) is 0 Å². The quantitative estimate of drug-likeness (QED) is 0.145. The summed E-state index contributed by atoms with van der Waals surface area (Å²) in [7, 11) is 12.6. The Morgan fingerprint density at radius 1 is 0.483 bits per heavy atom. The Labute approximate surface area is 342 Å². The van der Waals surface area contributed by atoms with E-state index in [9.17, 15) is 0 Å². The monoisotopic (exact) mass is 760 g/mol. The normalized spacial score (nSPS) is 14.7. The molecule has 6 nitrogen and oxygen atoms in total. The second-order valence-corrected chi connectivity index (χ2v) is 16.4. The number of anilines is 2. The molecule has 1 spiro atoms. The van der Waals surface area contributed by atoms with Crippen LogP contribution < -0.4 is 29.6 Å². The van der Waals surface area contributed by atoms with Crippen LogP contribution in [-0.2, 0) is 14.1 Å². The Hall–Kier alpha value is -6.40. The Morgan fingerprint density at radius 2 is 0.914 bits per heavy atom. The molecule has 7 aromatic rings. The summed E-state index contributed by atoms with van der Waals surface area (Å²) in [5.74, 6) is 0. The molecule has 0 N–H and O–H groups in total. The molecule has 2 aromatic heterocycles. The first kappa shape index (κ1) is 37.2. The minimum Gasteiger partial charge on any atom is -0.378 e. The number of hydrogen-bond acceptors (Lipinski definition) is 4. The van der Waals surface area contributed by atoms with Crippen LogP contribution in [0.5, 0.6) is 0 Å². The third kappa shape index (κ3) is 7.08. The number of fused-ring (bicyclic) bond motifs is 3. The average Bonchev–Trinajstić information content (AvgIpc) is 3.61. The van der Waals surface area contributed by atoms with Gasteiger partial charge in [-0.2, -0.15) is 9.13 Å². The average molecular weight is 761 g/mol. The highest BCUT2D eigenvalue weighted by atomic mass is 15.1. The van der Waals surface area contributed by atoms with Crippen molar-refractivity contribution in [2.24, 2.45) is 24.1 Å². The lowest BCUT2D eigenvalue weighted by Crippen LogP contribution is -2.32. The molecule has 0 saturated heterocycles. The van der Waals surface area contributed by atoms with Crippen molar-refractivity contribution in [1.82, 2.24) is 0 Å². The van der Waals surface area contributed by atoms with Gasteiger partial charge in [-0.05, 0) is 96.5 Å². The van der Waals surface area contributed by atoms with Crippen molar-refractivity contribution in [3.63, 3.8) is 0 Å². The van der Waals surface area contributed by atoms with Gasteiger partial charge < -0.3 is 9.80 Å². The Kier molecular flexibility index (Phi) is 9.72. The molecular formula is C52H52N6+2. The minimum absolute atomic E-state index is 0.344. The Morgan fingerprint density at radius 3 is 1.33 bits per heavy atom. The van der Waals surface area contributed by atoms with E-state index in [1.165, 1.54) is 63.6 Å². The summed E-state index contributed by atoms with van der Waals surface area (Å²) in [6, 6.07) is 44.3. The van der Waals surface area contributed by atoms with Gasteiger partial charge in [-0.25, -0.2) is 0 Å². The van der Waals surface area contributed by atoms with Gasteiger partial charge in [-0.15, -0.1) is 0 Å². The fourth-order valence-corrected chi connectivity index (χ4v) is 8.67. The third-order valence-corrected chi connectivity index (χ3v) is 12.2. The smallest absolute Gasteiger partial charge is 0.212 e. The second kappa shape index (κ2) is 15.2. The predicted molar refractivity (Wildman–Crippen MR) is 242 cm³/mol. The number of aromatic nitrogens is 2. The van der Waals surface area contributed by atoms with E-state index < -0.39 is 0 Å². The van der Waals surface area contributed by atoms with Gasteiger partial charge in [0.15, 0.2) is 5.66 Å². The second-order valence-electron chi connectivity index (χ2n) is 16.4. The molecule has 6 heteroatoms. The zero-order valence-electron chi connectivity index (χ0n) is 34.6. The van der Waals surface area contributed by atoms with Crippen molar-refractivity contribution < 1.29 is 9.13 Å². The highest BCUT2D eigenvalue weighted by Gasteiger charge is 2.34. The molecule has 0 bridgehead atoms. The molecule has 58 heavy (non-hydrogen) atoms. The Bertz CT molecular complexity index is 2690. The summed E-state index contributed by atoms with van der Waals surface area (Å²) in [4.78, 5) is 15.2. The van der Waals surface area contributed by atoms with Crippen LogP contribution in [0.25, 0.3) is 68.4 Å². The van der Waals surface area contributed by atoms with Gasteiger partial charge >= 0.3 is 0 Å². The van der Waals surface area contributed by atoms with Crippen LogP contribution in [0.3, 0.4) is 0 Å². The maximum absolute atomic E-state index is 5.47. The van der Waals surface area contributed by atoms with Crippen molar-refractivity contribution in [3.05, 3.63) is 155 Å². The molecule has 1 saturated carbocycles. The van der Waals surface area contributed by atoms with Crippen LogP contribution in [0.15, 0.2) is 131 Å². The summed E-state index contributed by atoms with van der Waals surface area (Å²) in [5, 5.41) is 4.54. The largest absolute Gasteiger partial charge is 0.378 e. The molecule has 288 valence electrons. The summed E-state index contributed by atoms with van der Waals surface area (Å²) < 4.78 is 4.52. The molecular weight excluding hydrogens is 709 g/mol. The summed E-state index contributed by atoms with van der Waals surface area (Å²) >= 11 is 0. The highest BCUT2D eigenvalue weighted by molar-refractivity contribution is 5.83. The van der Waals surface area contributed by atoms with E-state index in [2.05, 4.69) is 207 Å². The lowest BCUT2D eigenvalue weighted by molar-refractivity contribution is -0.646. The van der Waals surface area contributed by atoms with E-state index >= 15 is 0 Å². The molecule has 2 aliphatic rings. The van der Waals surface area contributed by atoms with Gasteiger partial charge in [0, 0.05) is 97.9 Å². The van der Waals surface area contributed by atoms with Crippen LogP contribution in [0.4, 0.5) is 11.4 Å². The zero-order chi connectivity index (χ0) is 40.0. The standard InChI is InChI=1S/C52H52N6/c1-55(2)44-26-30-48-40(34-44)20-24-42(57(48)5)22-14-36-10-16-38(17-11-36)46-28-29-47(51-50(46)53-52(54-51)32-8-7-9-33-52)39-18-12-37(13-19-39)15-23-43-25-21-41-35-45(56(3)4)27-31-49(41)58(43)6/h10-31,34-35H,7-9,32-33H2,1-6H3/q+2. The fourth-order valence-electron chi connectivity index (χ4n) is 8.67. The molecule has 1 fully saturated rings. The maximum Gasteiger partial charge on any atom is 0.212 e. The van der Waals surface area contributed by atoms with Crippen molar-refractivity contribution in [2.75, 3.05) is 38.0 Å². The molecule has 1 aliphatic heterocycles. The SMILES string of the molecule is CN(C)c1ccc2c(ccc(/C=C/c3ccc(-c4ccc(-c5ccc(/C=C/c6ccc7cc(N(C)C)ccc7[n+]6C)cc5)c5c4=NC4(CCCCC4)N=5)cc3)[n+]2C)c1. The number of pyridine rings is 2. The van der Waals surface area contributed by atoms with Crippen LogP contribution >= 0.6 is 0 Å². The van der Waals surface area contributed by atoms with Crippen LogP contribution in [0.2, 0.25) is 0 Å². The highest BCUT2D eigenvalue weighted by Crippen LogP contribution is 2.35. The van der Waals surface area contributed by atoms with E-state index in [1.54, 1.807) is 0 Å². The molecule has 1 aliphatic carbocycles. The number of hydrogen-bond donors (Lipinski definition) is 0. The van der Waals surface area contributed by atoms with Crippen molar-refractivity contribution in [1.29, 1.82) is 0 Å². The van der Waals surface area contributed by atoms with Gasteiger partial charge in [0.25, 0.3) is 0 Å². The molecule has 0 atom stereocenters. The number of aryl methyl sites for hydroxylation is 2. The van der Waals surface area contributed by atoms with Crippen LogP contribution in [0, 0.1) is 0 Å². The summed E-state index contributed by atoms with van der Waals surface area (Å²) in [6.07, 6.45) is 14.4. The number of rotatable bonds is 8. The lowest BCUT2D eigenvalue weighted by atomic mass is 9.90. The molecule has 9 rings (SSSR count). The van der Waals surface area contributed by atoms with Gasteiger partial charge in [0.2, 0.25) is 22.4 Å². The first-order valence-corrected chi connectivity index (χ1v) is 20.5.